The van der Waals surface area contributed by atoms with Crippen molar-refractivity contribution in [2.45, 2.75) is 21.8 Å². The fourth-order valence-electron chi connectivity index (χ4n) is 1.52. The Labute approximate surface area is 92.2 Å². The zero-order valence-corrected chi connectivity index (χ0v) is 9.26. The second-order valence-corrected chi connectivity index (χ2v) is 4.79. The highest BCUT2D eigenvalue weighted by atomic mass is 35.5. The smallest absolute Gasteiger partial charge is 0.126 e. The maximum absolute atomic E-state index is 9.91. The molecular weight excluding hydrogens is 220 g/mol. The van der Waals surface area contributed by atoms with Gasteiger partial charge in [0.2, 0.25) is 0 Å². The lowest BCUT2D eigenvalue weighted by Crippen LogP contribution is -2.30. The van der Waals surface area contributed by atoms with Crippen LogP contribution in [0.4, 0.5) is 0 Å². The number of fused-ring (bicyclic) bond motifs is 1. The van der Waals surface area contributed by atoms with Gasteiger partial charge in [0.1, 0.15) is 5.44 Å². The molecule has 0 spiro atoms. The molecule has 1 aliphatic heterocycles. The number of methoxy groups -OCH3 is 1. The summed E-state index contributed by atoms with van der Waals surface area (Å²) in [6.07, 6.45) is -0.640. The second kappa shape index (κ2) is 4.11. The van der Waals surface area contributed by atoms with Crippen molar-refractivity contribution < 1.29 is 9.84 Å². The van der Waals surface area contributed by atoms with Crippen LogP contribution in [0.2, 0.25) is 0 Å². The van der Waals surface area contributed by atoms with Gasteiger partial charge in [-0.15, -0.1) is 11.6 Å². The summed E-state index contributed by atoms with van der Waals surface area (Å²) >= 11 is 7.62. The van der Waals surface area contributed by atoms with Crippen molar-refractivity contribution in [1.29, 1.82) is 0 Å². The third-order valence-electron chi connectivity index (χ3n) is 2.27. The van der Waals surface area contributed by atoms with E-state index < -0.39 is 6.10 Å². The molecule has 0 saturated heterocycles. The Hall–Kier alpha value is -0.220. The topological polar surface area (TPSA) is 29.5 Å². The van der Waals surface area contributed by atoms with Crippen LogP contribution in [0.25, 0.3) is 0 Å². The summed E-state index contributed by atoms with van der Waals surface area (Å²) in [6, 6.07) is 7.71. The first-order chi connectivity index (χ1) is 6.74. The van der Waals surface area contributed by atoms with E-state index in [1.807, 2.05) is 24.3 Å². The summed E-state index contributed by atoms with van der Waals surface area (Å²) in [5, 5.41) is 9.52. The van der Waals surface area contributed by atoms with E-state index >= 15 is 0 Å². The normalized spacial score (nSPS) is 31.2. The summed E-state index contributed by atoms with van der Waals surface area (Å²) in [5.41, 5.74) is 0.715. The van der Waals surface area contributed by atoms with E-state index in [-0.39, 0.29) is 10.8 Å². The molecule has 14 heavy (non-hydrogen) atoms. The van der Waals surface area contributed by atoms with Gasteiger partial charge in [0.25, 0.3) is 0 Å². The minimum Gasteiger partial charge on any atom is -0.387 e. The summed E-state index contributed by atoms with van der Waals surface area (Å²) in [4.78, 5) is 1.05. The maximum atomic E-state index is 9.91. The van der Waals surface area contributed by atoms with Gasteiger partial charge >= 0.3 is 0 Å². The molecule has 1 aliphatic rings. The van der Waals surface area contributed by atoms with Gasteiger partial charge < -0.3 is 9.84 Å². The van der Waals surface area contributed by atoms with Crippen LogP contribution in [-0.4, -0.2) is 23.0 Å². The second-order valence-electron chi connectivity index (χ2n) is 3.15. The molecule has 4 heteroatoms. The molecule has 1 aromatic rings. The minimum atomic E-state index is -0.640. The fraction of sp³-hybridized carbons (Fsp3) is 0.400. The first kappa shape index (κ1) is 10.3. The maximum Gasteiger partial charge on any atom is 0.126 e. The predicted molar refractivity (Wildman–Crippen MR) is 57.7 cm³/mol. The lowest BCUT2D eigenvalue weighted by molar-refractivity contribution is 0.0919. The van der Waals surface area contributed by atoms with Crippen LogP contribution < -0.4 is 0 Å². The summed E-state index contributed by atoms with van der Waals surface area (Å²) < 4.78 is 5.20. The van der Waals surface area contributed by atoms with Crippen LogP contribution in [0.3, 0.4) is 0 Å². The molecule has 0 saturated carbocycles. The monoisotopic (exact) mass is 230 g/mol. The lowest BCUT2D eigenvalue weighted by atomic mass is 10.1. The zero-order chi connectivity index (χ0) is 10.1. The Balaban J connectivity index is 2.37. The van der Waals surface area contributed by atoms with Gasteiger partial charge in [-0.05, 0) is 11.6 Å². The van der Waals surface area contributed by atoms with Gasteiger partial charge in [0.05, 0.1) is 11.5 Å². The number of halogens is 1. The third kappa shape index (κ3) is 1.65. The molecule has 0 aliphatic carbocycles. The average molecular weight is 231 g/mol. The molecular formula is C10H11ClO2S. The van der Waals surface area contributed by atoms with Gasteiger partial charge in [0, 0.05) is 12.0 Å². The third-order valence-corrected chi connectivity index (χ3v) is 4.24. The molecule has 0 aromatic heterocycles. The van der Waals surface area contributed by atoms with E-state index in [2.05, 4.69) is 0 Å². The largest absolute Gasteiger partial charge is 0.387 e. The SMILES string of the molecule is CO[C@@H]1Sc2ccccc2[C@H](O)[C@@H]1Cl. The Morgan fingerprint density at radius 1 is 1.43 bits per heavy atom. The number of hydrogen-bond acceptors (Lipinski definition) is 3. The van der Waals surface area contributed by atoms with Crippen molar-refractivity contribution in [3.63, 3.8) is 0 Å². The lowest BCUT2D eigenvalue weighted by Gasteiger charge is -2.31. The summed E-state index contributed by atoms with van der Waals surface area (Å²) in [7, 11) is 1.60. The number of alkyl halides is 1. The molecule has 3 atom stereocenters. The molecule has 0 amide bonds. The van der Waals surface area contributed by atoms with Crippen LogP contribution in [0, 0.1) is 0 Å². The van der Waals surface area contributed by atoms with Crippen LogP contribution in [0.1, 0.15) is 11.7 Å². The first-order valence-corrected chi connectivity index (χ1v) is 5.66. The van der Waals surface area contributed by atoms with Crippen molar-refractivity contribution in [3.8, 4) is 0 Å². The van der Waals surface area contributed by atoms with Gasteiger partial charge in [-0.1, -0.05) is 30.0 Å². The van der Waals surface area contributed by atoms with Gasteiger partial charge in [-0.3, -0.25) is 0 Å². The van der Waals surface area contributed by atoms with Crippen molar-refractivity contribution in [2.24, 2.45) is 0 Å². The van der Waals surface area contributed by atoms with Crippen molar-refractivity contribution in [1.82, 2.24) is 0 Å². The first-order valence-electron chi connectivity index (χ1n) is 4.34. The number of aliphatic hydroxyl groups excluding tert-OH is 1. The number of hydrogen-bond donors (Lipinski definition) is 1. The Morgan fingerprint density at radius 2 is 2.14 bits per heavy atom. The van der Waals surface area contributed by atoms with E-state index in [0.29, 0.717) is 0 Å². The van der Waals surface area contributed by atoms with Gasteiger partial charge in [-0.25, -0.2) is 0 Å². The van der Waals surface area contributed by atoms with Crippen LogP contribution >= 0.6 is 23.4 Å². The van der Waals surface area contributed by atoms with Gasteiger partial charge in [0.15, 0.2) is 0 Å². The van der Waals surface area contributed by atoms with Gasteiger partial charge in [-0.2, -0.15) is 0 Å². The minimum absolute atomic E-state index is 0.179. The fourth-order valence-corrected chi connectivity index (χ4v) is 3.02. The number of thioether (sulfide) groups is 1. The molecule has 0 radical (unpaired) electrons. The van der Waals surface area contributed by atoms with Crippen molar-refractivity contribution >= 4 is 23.4 Å². The molecule has 1 aromatic carbocycles. The Morgan fingerprint density at radius 3 is 2.86 bits per heavy atom. The summed E-state index contributed by atoms with van der Waals surface area (Å²) in [6.45, 7) is 0. The molecule has 0 bridgehead atoms. The summed E-state index contributed by atoms with van der Waals surface area (Å²) in [5.74, 6) is 0. The highest BCUT2D eigenvalue weighted by molar-refractivity contribution is 8.00. The molecule has 0 fully saturated rings. The van der Waals surface area contributed by atoms with E-state index in [9.17, 15) is 5.11 Å². The van der Waals surface area contributed by atoms with E-state index in [1.165, 1.54) is 0 Å². The zero-order valence-electron chi connectivity index (χ0n) is 7.68. The highest BCUT2D eigenvalue weighted by Crippen LogP contribution is 2.43. The van der Waals surface area contributed by atoms with Crippen molar-refractivity contribution in [3.05, 3.63) is 29.8 Å². The van der Waals surface area contributed by atoms with E-state index in [1.54, 1.807) is 18.9 Å². The van der Waals surface area contributed by atoms with Crippen molar-refractivity contribution in [2.75, 3.05) is 7.11 Å². The highest BCUT2D eigenvalue weighted by Gasteiger charge is 2.34. The molecule has 1 heterocycles. The molecule has 1 N–H and O–H groups in total. The van der Waals surface area contributed by atoms with Crippen LogP contribution in [-0.2, 0) is 4.74 Å². The van der Waals surface area contributed by atoms with Crippen LogP contribution in [0.5, 0.6) is 0 Å². The molecule has 0 unspecified atom stereocenters. The molecule has 76 valence electrons. The average Bonchev–Trinajstić information content (AvgIpc) is 2.23. The number of benzene rings is 1. The number of ether oxygens (including phenoxy) is 1. The number of rotatable bonds is 1. The predicted octanol–water partition coefficient (Wildman–Crippen LogP) is 2.41. The Bertz CT molecular complexity index is 332. The quantitative estimate of drug-likeness (QED) is 0.752. The van der Waals surface area contributed by atoms with E-state index in [4.69, 9.17) is 16.3 Å². The standard InChI is InChI=1S/C10H11ClO2S/c1-13-10-8(11)9(12)6-4-2-3-5-7(6)14-10/h2-5,8-10,12H,1H3/t8-,9-,10+/m0/s1. The Kier molecular flexibility index (Phi) is 3.02. The van der Waals surface area contributed by atoms with Crippen LogP contribution in [0.15, 0.2) is 29.2 Å². The number of aliphatic hydroxyl groups is 1. The van der Waals surface area contributed by atoms with E-state index in [0.717, 1.165) is 10.5 Å². The molecule has 2 rings (SSSR count). The molecule has 2 nitrogen and oxygen atoms in total.